The molecule has 0 bridgehead atoms. The molecule has 1 atom stereocenters. The van der Waals surface area contributed by atoms with Crippen LogP contribution < -0.4 is 14.8 Å². The van der Waals surface area contributed by atoms with Gasteiger partial charge in [-0.05, 0) is 64.2 Å². The van der Waals surface area contributed by atoms with Crippen LogP contribution in [0.3, 0.4) is 0 Å². The Morgan fingerprint density at radius 3 is 2.77 bits per heavy atom. The van der Waals surface area contributed by atoms with Gasteiger partial charge >= 0.3 is 0 Å². The first-order chi connectivity index (χ1) is 15.1. The maximum Gasteiger partial charge on any atom is 0.231 e. The van der Waals surface area contributed by atoms with Crippen molar-refractivity contribution in [2.75, 3.05) is 20.0 Å². The fraction of sp³-hybridized carbons (Fsp3) is 0.560. The van der Waals surface area contributed by atoms with Gasteiger partial charge in [0.1, 0.15) is 0 Å². The van der Waals surface area contributed by atoms with Crippen LogP contribution >= 0.6 is 0 Å². The number of hydrogen-bond donors (Lipinski definition) is 2. The number of fused-ring (bicyclic) bond motifs is 1. The second kappa shape index (κ2) is 13.8. The first-order valence-electron chi connectivity index (χ1n) is 11.3. The van der Waals surface area contributed by atoms with Crippen molar-refractivity contribution in [2.24, 2.45) is 4.99 Å². The summed E-state index contributed by atoms with van der Waals surface area (Å²) in [5.41, 5.74) is 3.11. The number of aliphatic hydroxyl groups excluding tert-OH is 1. The zero-order chi connectivity index (χ0) is 22.5. The van der Waals surface area contributed by atoms with Crippen molar-refractivity contribution in [3.63, 3.8) is 0 Å². The van der Waals surface area contributed by atoms with E-state index >= 15 is 0 Å². The van der Waals surface area contributed by atoms with E-state index in [9.17, 15) is 5.11 Å². The number of aliphatic imine (C=N–C) groups is 1. The standard InChI is InChI=1S/C25H38N2O4/c1-5-7-10-22(13-14-28)27-20(4)25(17-26-19(3)6-2)29-15-8-9-21-11-12-23-24(16-21)31-18-30-23/h6,11-12,16-17,22,26,28H,5,7-10,13-15,18H2,1-4H3/b19-6+,25-17?,27-20?/t22-/m0/s1. The average molecular weight is 431 g/mol. The van der Waals surface area contributed by atoms with Crippen molar-refractivity contribution < 1.29 is 19.3 Å². The van der Waals surface area contributed by atoms with Gasteiger partial charge < -0.3 is 24.6 Å². The van der Waals surface area contributed by atoms with Crippen LogP contribution in [0, 0.1) is 0 Å². The molecule has 0 unspecified atom stereocenters. The lowest BCUT2D eigenvalue weighted by Gasteiger charge is -2.16. The van der Waals surface area contributed by atoms with Crippen LogP contribution in [0.5, 0.6) is 11.5 Å². The number of rotatable bonds is 14. The van der Waals surface area contributed by atoms with Crippen LogP contribution in [0.4, 0.5) is 0 Å². The molecular weight excluding hydrogens is 392 g/mol. The molecule has 0 aliphatic carbocycles. The number of hydrogen-bond acceptors (Lipinski definition) is 6. The second-order valence-corrected chi connectivity index (χ2v) is 7.79. The molecule has 0 spiro atoms. The number of nitrogens with one attached hydrogen (secondary N) is 1. The van der Waals surface area contributed by atoms with E-state index in [1.807, 2.05) is 45.2 Å². The molecule has 1 heterocycles. The van der Waals surface area contributed by atoms with Gasteiger partial charge in [0.25, 0.3) is 0 Å². The lowest BCUT2D eigenvalue weighted by atomic mass is 10.1. The average Bonchev–Trinajstić information content (AvgIpc) is 3.24. The quantitative estimate of drug-likeness (QED) is 0.243. The topological polar surface area (TPSA) is 72.3 Å². The number of aryl methyl sites for hydroxylation is 1. The van der Waals surface area contributed by atoms with E-state index in [-0.39, 0.29) is 12.6 Å². The van der Waals surface area contributed by atoms with Gasteiger partial charge in [-0.2, -0.15) is 0 Å². The molecule has 172 valence electrons. The number of benzene rings is 1. The summed E-state index contributed by atoms with van der Waals surface area (Å²) >= 11 is 0. The summed E-state index contributed by atoms with van der Waals surface area (Å²) in [4.78, 5) is 4.86. The van der Waals surface area contributed by atoms with E-state index in [0.29, 0.717) is 19.8 Å². The summed E-state index contributed by atoms with van der Waals surface area (Å²) in [5.74, 6) is 2.37. The van der Waals surface area contributed by atoms with Crippen LogP contribution in [0.15, 0.2) is 46.9 Å². The van der Waals surface area contributed by atoms with Crippen LogP contribution in [0.25, 0.3) is 0 Å². The molecule has 6 heteroatoms. The maximum absolute atomic E-state index is 9.38. The highest BCUT2D eigenvalue weighted by atomic mass is 16.7. The fourth-order valence-corrected chi connectivity index (χ4v) is 3.27. The van der Waals surface area contributed by atoms with E-state index in [4.69, 9.17) is 19.2 Å². The Morgan fingerprint density at radius 2 is 2.03 bits per heavy atom. The van der Waals surface area contributed by atoms with Crippen LogP contribution in [-0.4, -0.2) is 36.9 Å². The lowest BCUT2D eigenvalue weighted by molar-refractivity contribution is 0.174. The molecule has 0 amide bonds. The van der Waals surface area contributed by atoms with Gasteiger partial charge in [-0.15, -0.1) is 0 Å². The number of ether oxygens (including phenoxy) is 3. The molecule has 1 aromatic carbocycles. The predicted molar refractivity (Wildman–Crippen MR) is 126 cm³/mol. The third kappa shape index (κ3) is 8.66. The zero-order valence-corrected chi connectivity index (χ0v) is 19.4. The molecule has 0 saturated heterocycles. The van der Waals surface area contributed by atoms with Crippen LogP contribution in [0.2, 0.25) is 0 Å². The number of allylic oxidation sites excluding steroid dienone is 3. The van der Waals surface area contributed by atoms with Gasteiger partial charge in [0.2, 0.25) is 6.79 Å². The Bertz CT molecular complexity index is 771. The van der Waals surface area contributed by atoms with Crippen LogP contribution in [-0.2, 0) is 11.2 Å². The van der Waals surface area contributed by atoms with Gasteiger partial charge in [-0.25, -0.2) is 0 Å². The van der Waals surface area contributed by atoms with Crippen molar-refractivity contribution in [1.82, 2.24) is 5.32 Å². The molecular formula is C25H38N2O4. The molecule has 0 saturated carbocycles. The SMILES string of the molecule is C/C=C(\C)NC=C(OCCCc1ccc2c(c1)OCO2)C(C)=N[C@H](CCO)CCCC. The van der Waals surface area contributed by atoms with Crippen molar-refractivity contribution in [3.05, 3.63) is 47.5 Å². The Labute approximate surface area is 187 Å². The Hall–Kier alpha value is -2.47. The Balaban J connectivity index is 1.97. The zero-order valence-electron chi connectivity index (χ0n) is 19.4. The minimum atomic E-state index is 0.119. The summed E-state index contributed by atoms with van der Waals surface area (Å²) in [7, 11) is 0. The van der Waals surface area contributed by atoms with Gasteiger partial charge in [0, 0.05) is 18.5 Å². The fourth-order valence-electron chi connectivity index (χ4n) is 3.27. The van der Waals surface area contributed by atoms with E-state index in [1.165, 1.54) is 5.56 Å². The second-order valence-electron chi connectivity index (χ2n) is 7.79. The van der Waals surface area contributed by atoms with Gasteiger partial charge in [-0.3, -0.25) is 4.99 Å². The third-order valence-electron chi connectivity index (χ3n) is 5.25. The summed E-state index contributed by atoms with van der Waals surface area (Å²) < 4.78 is 16.9. The molecule has 31 heavy (non-hydrogen) atoms. The predicted octanol–water partition coefficient (Wildman–Crippen LogP) is 5.12. The first kappa shape index (κ1) is 24.8. The first-order valence-corrected chi connectivity index (χ1v) is 11.3. The smallest absolute Gasteiger partial charge is 0.231 e. The molecule has 0 aromatic heterocycles. The monoisotopic (exact) mass is 430 g/mol. The molecule has 1 aliphatic heterocycles. The highest BCUT2D eigenvalue weighted by Crippen LogP contribution is 2.32. The Morgan fingerprint density at radius 1 is 1.23 bits per heavy atom. The molecule has 0 radical (unpaired) electrons. The lowest BCUT2D eigenvalue weighted by Crippen LogP contribution is -2.15. The van der Waals surface area contributed by atoms with Gasteiger partial charge in [-0.1, -0.05) is 31.9 Å². The summed E-state index contributed by atoms with van der Waals surface area (Å²) in [5, 5.41) is 12.6. The van der Waals surface area contributed by atoms with E-state index < -0.39 is 0 Å². The minimum absolute atomic E-state index is 0.119. The van der Waals surface area contributed by atoms with Gasteiger partial charge in [0.05, 0.1) is 18.4 Å². The Kier molecular flexibility index (Phi) is 11.0. The number of nitrogens with zero attached hydrogens (tertiary/aromatic N) is 1. The molecule has 1 aliphatic rings. The van der Waals surface area contributed by atoms with Crippen molar-refractivity contribution >= 4 is 5.71 Å². The summed E-state index contributed by atoms with van der Waals surface area (Å²) in [6, 6.07) is 6.19. The highest BCUT2D eigenvalue weighted by molar-refractivity contribution is 5.96. The number of unbranched alkanes of at least 4 members (excludes halogenated alkanes) is 1. The third-order valence-corrected chi connectivity index (χ3v) is 5.25. The highest BCUT2D eigenvalue weighted by Gasteiger charge is 2.13. The maximum atomic E-state index is 9.38. The van der Waals surface area contributed by atoms with Crippen molar-refractivity contribution in [3.8, 4) is 11.5 Å². The van der Waals surface area contributed by atoms with Crippen molar-refractivity contribution in [2.45, 2.75) is 72.3 Å². The molecule has 6 nitrogen and oxygen atoms in total. The molecule has 0 fully saturated rings. The van der Waals surface area contributed by atoms with E-state index in [2.05, 4.69) is 18.3 Å². The van der Waals surface area contributed by atoms with E-state index in [0.717, 1.165) is 60.8 Å². The minimum Gasteiger partial charge on any atom is -0.490 e. The normalized spacial score (nSPS) is 15.2. The summed E-state index contributed by atoms with van der Waals surface area (Å²) in [6.45, 7) is 9.18. The largest absolute Gasteiger partial charge is 0.490 e. The number of aliphatic hydroxyl groups is 1. The van der Waals surface area contributed by atoms with Crippen LogP contribution in [0.1, 0.15) is 65.4 Å². The molecule has 2 N–H and O–H groups in total. The van der Waals surface area contributed by atoms with Crippen molar-refractivity contribution in [1.29, 1.82) is 0 Å². The van der Waals surface area contributed by atoms with Gasteiger partial charge in [0.15, 0.2) is 17.3 Å². The summed E-state index contributed by atoms with van der Waals surface area (Å²) in [6.07, 6.45) is 9.54. The van der Waals surface area contributed by atoms with E-state index in [1.54, 1.807) is 0 Å². The molecule has 1 aromatic rings. The molecule has 2 rings (SSSR count).